The van der Waals surface area contributed by atoms with Crippen molar-refractivity contribution in [3.05, 3.63) is 29.8 Å². The molecule has 122 valence electrons. The second-order valence-corrected chi connectivity index (χ2v) is 5.37. The summed E-state index contributed by atoms with van der Waals surface area (Å²) in [7, 11) is 1.27. The van der Waals surface area contributed by atoms with Crippen LogP contribution in [0.5, 0.6) is 5.75 Å². The van der Waals surface area contributed by atoms with Crippen molar-refractivity contribution in [1.82, 2.24) is 5.32 Å². The van der Waals surface area contributed by atoms with Crippen LogP contribution < -0.4 is 11.1 Å². The molecule has 0 bridgehead atoms. The molecule has 3 atom stereocenters. The van der Waals surface area contributed by atoms with Gasteiger partial charge in [0.05, 0.1) is 13.2 Å². The Balaban J connectivity index is 2.78. The third kappa shape index (κ3) is 5.04. The van der Waals surface area contributed by atoms with Crippen molar-refractivity contribution in [3.63, 3.8) is 0 Å². The van der Waals surface area contributed by atoms with Crippen LogP contribution in [-0.2, 0) is 20.7 Å². The van der Waals surface area contributed by atoms with Crippen molar-refractivity contribution in [1.29, 1.82) is 0 Å². The predicted octanol–water partition coefficient (Wildman–Crippen LogP) is 0.966. The van der Waals surface area contributed by atoms with Crippen LogP contribution in [0.15, 0.2) is 24.3 Å². The Morgan fingerprint density at radius 2 is 1.91 bits per heavy atom. The quantitative estimate of drug-likeness (QED) is 0.651. The zero-order chi connectivity index (χ0) is 16.7. The lowest BCUT2D eigenvalue weighted by atomic mass is 9.98. The number of hydrogen-bond donors (Lipinski definition) is 3. The van der Waals surface area contributed by atoms with Gasteiger partial charge in [0.2, 0.25) is 5.91 Å². The van der Waals surface area contributed by atoms with E-state index in [2.05, 4.69) is 5.32 Å². The number of hydrogen-bond acceptors (Lipinski definition) is 5. The van der Waals surface area contributed by atoms with Gasteiger partial charge in [-0.25, -0.2) is 4.79 Å². The molecule has 0 saturated heterocycles. The van der Waals surface area contributed by atoms with E-state index in [-0.39, 0.29) is 24.0 Å². The van der Waals surface area contributed by atoms with E-state index in [0.717, 1.165) is 12.0 Å². The van der Waals surface area contributed by atoms with Gasteiger partial charge in [-0.15, -0.1) is 0 Å². The molecule has 0 radical (unpaired) electrons. The van der Waals surface area contributed by atoms with Crippen LogP contribution in [0.2, 0.25) is 0 Å². The number of amides is 1. The fraction of sp³-hybridized carbons (Fsp3) is 0.500. The monoisotopic (exact) mass is 308 g/mol. The van der Waals surface area contributed by atoms with Crippen molar-refractivity contribution < 1.29 is 19.4 Å². The zero-order valence-electron chi connectivity index (χ0n) is 13.2. The number of phenolic OH excluding ortho intramolecular Hbond substituents is 1. The van der Waals surface area contributed by atoms with Crippen LogP contribution in [0.4, 0.5) is 0 Å². The summed E-state index contributed by atoms with van der Waals surface area (Å²) in [5, 5.41) is 11.9. The molecule has 0 aliphatic rings. The van der Waals surface area contributed by atoms with Crippen molar-refractivity contribution in [3.8, 4) is 5.75 Å². The molecule has 1 aromatic carbocycles. The van der Waals surface area contributed by atoms with E-state index in [0.29, 0.717) is 0 Å². The molecule has 6 nitrogen and oxygen atoms in total. The van der Waals surface area contributed by atoms with Crippen LogP contribution in [0, 0.1) is 5.92 Å². The summed E-state index contributed by atoms with van der Waals surface area (Å²) in [6.07, 6.45) is 1.04. The molecule has 0 spiro atoms. The Hall–Kier alpha value is -2.08. The summed E-state index contributed by atoms with van der Waals surface area (Å²) in [5.74, 6) is -0.741. The molecular weight excluding hydrogens is 284 g/mol. The van der Waals surface area contributed by atoms with E-state index in [4.69, 9.17) is 10.5 Å². The van der Waals surface area contributed by atoms with Crippen LogP contribution >= 0.6 is 0 Å². The van der Waals surface area contributed by atoms with E-state index >= 15 is 0 Å². The highest BCUT2D eigenvalue weighted by Gasteiger charge is 2.26. The Morgan fingerprint density at radius 1 is 1.32 bits per heavy atom. The van der Waals surface area contributed by atoms with Gasteiger partial charge in [0.15, 0.2) is 0 Å². The number of phenols is 1. The molecular formula is C16H24N2O4. The fourth-order valence-electron chi connectivity index (χ4n) is 1.98. The van der Waals surface area contributed by atoms with Gasteiger partial charge in [0, 0.05) is 6.42 Å². The topological polar surface area (TPSA) is 102 Å². The molecule has 1 aromatic rings. The minimum absolute atomic E-state index is 0.0203. The molecule has 0 aromatic heterocycles. The molecule has 0 unspecified atom stereocenters. The molecule has 1 rings (SSSR count). The minimum atomic E-state index is -0.808. The van der Waals surface area contributed by atoms with Crippen LogP contribution in [0.3, 0.4) is 0 Å². The van der Waals surface area contributed by atoms with Gasteiger partial charge in [-0.05, 0) is 23.6 Å². The molecule has 0 saturated carbocycles. The molecule has 0 fully saturated rings. The number of esters is 1. The number of rotatable bonds is 7. The zero-order valence-corrected chi connectivity index (χ0v) is 13.2. The lowest BCUT2D eigenvalue weighted by Gasteiger charge is -2.22. The summed E-state index contributed by atoms with van der Waals surface area (Å²) >= 11 is 0. The van der Waals surface area contributed by atoms with Gasteiger partial charge >= 0.3 is 5.97 Å². The average Bonchev–Trinajstić information content (AvgIpc) is 2.53. The van der Waals surface area contributed by atoms with Gasteiger partial charge in [-0.1, -0.05) is 32.4 Å². The molecule has 1 amide bonds. The van der Waals surface area contributed by atoms with Gasteiger partial charge in [-0.3, -0.25) is 4.79 Å². The normalized spacial score (nSPS) is 14.7. The Morgan fingerprint density at radius 3 is 2.41 bits per heavy atom. The van der Waals surface area contributed by atoms with Crippen LogP contribution in [-0.4, -0.2) is 36.2 Å². The number of aromatic hydroxyl groups is 1. The van der Waals surface area contributed by atoms with E-state index in [1.807, 2.05) is 13.8 Å². The summed E-state index contributed by atoms with van der Waals surface area (Å²) in [6, 6.07) is 4.94. The number of benzene rings is 1. The van der Waals surface area contributed by atoms with Crippen LogP contribution in [0.1, 0.15) is 25.8 Å². The number of nitrogens with one attached hydrogen (secondary N) is 1. The lowest BCUT2D eigenvalue weighted by molar-refractivity contribution is -0.145. The maximum absolute atomic E-state index is 12.1. The van der Waals surface area contributed by atoms with Gasteiger partial charge in [0.1, 0.15) is 11.8 Å². The highest BCUT2D eigenvalue weighted by atomic mass is 16.5. The van der Waals surface area contributed by atoms with Crippen molar-refractivity contribution in [2.45, 2.75) is 38.8 Å². The lowest BCUT2D eigenvalue weighted by Crippen LogP contribution is -2.51. The fourth-order valence-corrected chi connectivity index (χ4v) is 1.98. The Kier molecular flexibility index (Phi) is 6.85. The smallest absolute Gasteiger partial charge is 0.328 e. The number of carbonyl (C=O) groups is 2. The number of methoxy groups -OCH3 is 1. The first-order valence-electron chi connectivity index (χ1n) is 7.30. The molecule has 0 heterocycles. The summed E-state index contributed by atoms with van der Waals surface area (Å²) in [4.78, 5) is 24.0. The molecule has 22 heavy (non-hydrogen) atoms. The van der Waals surface area contributed by atoms with Gasteiger partial charge < -0.3 is 20.9 Å². The summed E-state index contributed by atoms with van der Waals surface area (Å²) in [5.41, 5.74) is 6.67. The first kappa shape index (κ1) is 18.0. The van der Waals surface area contributed by atoms with Gasteiger partial charge in [0.25, 0.3) is 0 Å². The van der Waals surface area contributed by atoms with Gasteiger partial charge in [-0.2, -0.15) is 0 Å². The second kappa shape index (κ2) is 8.38. The molecule has 4 N–H and O–H groups in total. The predicted molar refractivity (Wildman–Crippen MR) is 83.2 cm³/mol. The van der Waals surface area contributed by atoms with E-state index in [1.165, 1.54) is 19.2 Å². The minimum Gasteiger partial charge on any atom is -0.508 e. The number of carbonyl (C=O) groups excluding carboxylic acids is 2. The van der Waals surface area contributed by atoms with Crippen LogP contribution in [0.25, 0.3) is 0 Å². The number of nitrogens with two attached hydrogens (primary N) is 1. The molecule has 6 heteroatoms. The number of ether oxygens (including phenoxy) is 1. The maximum Gasteiger partial charge on any atom is 0.328 e. The first-order chi connectivity index (χ1) is 10.4. The summed E-state index contributed by atoms with van der Waals surface area (Å²) in [6.45, 7) is 3.84. The molecule has 0 aliphatic carbocycles. The van der Waals surface area contributed by atoms with E-state index in [1.54, 1.807) is 12.1 Å². The second-order valence-electron chi connectivity index (χ2n) is 5.37. The third-order valence-electron chi connectivity index (χ3n) is 3.74. The molecule has 0 aliphatic heterocycles. The highest BCUT2D eigenvalue weighted by Crippen LogP contribution is 2.12. The highest BCUT2D eigenvalue weighted by molar-refractivity contribution is 5.87. The third-order valence-corrected chi connectivity index (χ3v) is 3.74. The Bertz CT molecular complexity index is 501. The van der Waals surface area contributed by atoms with Crippen molar-refractivity contribution in [2.24, 2.45) is 11.7 Å². The van der Waals surface area contributed by atoms with Crippen molar-refractivity contribution in [2.75, 3.05) is 7.11 Å². The first-order valence-corrected chi connectivity index (χ1v) is 7.30. The largest absolute Gasteiger partial charge is 0.508 e. The van der Waals surface area contributed by atoms with E-state index in [9.17, 15) is 14.7 Å². The summed E-state index contributed by atoms with van der Waals surface area (Å²) < 4.78 is 4.73. The van der Waals surface area contributed by atoms with E-state index < -0.39 is 18.1 Å². The maximum atomic E-state index is 12.1. The van der Waals surface area contributed by atoms with Crippen molar-refractivity contribution >= 4 is 11.9 Å². The SMILES string of the molecule is CC[C@H](C)[C@H](N)C(=O)N[C@@H](Cc1ccc(O)cc1)C(=O)OC. The average molecular weight is 308 g/mol. The Labute approximate surface area is 130 Å². The standard InChI is InChI=1S/C16H24N2O4/c1-4-10(2)14(17)15(20)18-13(16(21)22-3)9-11-5-7-12(19)8-6-11/h5-8,10,13-14,19H,4,9,17H2,1-3H3,(H,18,20)/t10-,13-,14-/m0/s1.